The highest BCUT2D eigenvalue weighted by atomic mass is 16.6. The summed E-state index contributed by atoms with van der Waals surface area (Å²) < 4.78 is 0. The predicted octanol–water partition coefficient (Wildman–Crippen LogP) is 4.68. The summed E-state index contributed by atoms with van der Waals surface area (Å²) in [6, 6.07) is 17.9. The Bertz CT molecular complexity index is 1240. The van der Waals surface area contributed by atoms with Crippen molar-refractivity contribution in [1.29, 1.82) is 0 Å². The van der Waals surface area contributed by atoms with Crippen LogP contribution in [0.1, 0.15) is 34.0 Å². The highest BCUT2D eigenvalue weighted by molar-refractivity contribution is 6.06. The van der Waals surface area contributed by atoms with E-state index in [2.05, 4.69) is 10.6 Å². The number of para-hydroxylation sites is 1. The van der Waals surface area contributed by atoms with E-state index in [1.54, 1.807) is 0 Å². The highest BCUT2D eigenvalue weighted by Gasteiger charge is 2.39. The van der Waals surface area contributed by atoms with E-state index in [1.807, 2.05) is 69.3 Å². The van der Waals surface area contributed by atoms with E-state index in [0.717, 1.165) is 16.7 Å². The molecule has 1 aliphatic heterocycles. The standard InChI is InChI=1S/C26H26N4O4/c1-16-8-7-9-17(2)23(16)28-25(31)24-18(3)27-22-13-12-20(30(33)34)14-21(22)26(32)29(24)15-19-10-5-4-6-11-19/h4-14,18,24,27H,15H2,1-3H3,(H,28,31). The van der Waals surface area contributed by atoms with Gasteiger partial charge < -0.3 is 15.5 Å². The largest absolute Gasteiger partial charge is 0.379 e. The number of rotatable bonds is 5. The molecule has 8 heteroatoms. The molecule has 3 aromatic rings. The van der Waals surface area contributed by atoms with E-state index in [9.17, 15) is 19.7 Å². The van der Waals surface area contributed by atoms with Crippen molar-refractivity contribution < 1.29 is 14.5 Å². The lowest BCUT2D eigenvalue weighted by molar-refractivity contribution is -0.384. The SMILES string of the molecule is Cc1cccc(C)c1NC(=O)C1C(C)Nc2ccc([N+](=O)[O-])cc2C(=O)N1Cc1ccccc1. The van der Waals surface area contributed by atoms with Crippen molar-refractivity contribution in [2.75, 3.05) is 10.6 Å². The van der Waals surface area contributed by atoms with Crippen LogP contribution in [0.2, 0.25) is 0 Å². The van der Waals surface area contributed by atoms with Gasteiger partial charge in [0.2, 0.25) is 5.91 Å². The number of nitrogens with zero attached hydrogens (tertiary/aromatic N) is 2. The van der Waals surface area contributed by atoms with Gasteiger partial charge in [0, 0.05) is 30.1 Å². The Labute approximate surface area is 197 Å². The molecule has 2 N–H and O–H groups in total. The van der Waals surface area contributed by atoms with Crippen molar-refractivity contribution in [2.24, 2.45) is 0 Å². The topological polar surface area (TPSA) is 105 Å². The molecule has 0 aromatic heterocycles. The summed E-state index contributed by atoms with van der Waals surface area (Å²) in [5, 5.41) is 17.6. The van der Waals surface area contributed by atoms with Crippen molar-refractivity contribution in [2.45, 2.75) is 39.4 Å². The third kappa shape index (κ3) is 4.47. The Balaban J connectivity index is 1.77. The van der Waals surface area contributed by atoms with Crippen LogP contribution in [0.25, 0.3) is 0 Å². The first-order valence-electron chi connectivity index (χ1n) is 11.0. The third-order valence-electron chi connectivity index (χ3n) is 6.09. The van der Waals surface area contributed by atoms with Crippen molar-refractivity contribution in [3.05, 3.63) is 99.1 Å². The van der Waals surface area contributed by atoms with Gasteiger partial charge in [0.15, 0.2) is 0 Å². The number of aryl methyl sites for hydroxylation is 2. The Kier molecular flexibility index (Phi) is 6.32. The van der Waals surface area contributed by atoms with E-state index >= 15 is 0 Å². The quantitative estimate of drug-likeness (QED) is 0.427. The molecular weight excluding hydrogens is 432 g/mol. The van der Waals surface area contributed by atoms with Crippen LogP contribution in [-0.4, -0.2) is 33.7 Å². The van der Waals surface area contributed by atoms with Crippen LogP contribution in [0.5, 0.6) is 0 Å². The van der Waals surface area contributed by atoms with Gasteiger partial charge in [0.05, 0.1) is 16.5 Å². The smallest absolute Gasteiger partial charge is 0.270 e. The number of amides is 2. The average molecular weight is 459 g/mol. The molecule has 0 fully saturated rings. The van der Waals surface area contributed by atoms with Crippen molar-refractivity contribution >= 4 is 28.9 Å². The fourth-order valence-corrected chi connectivity index (χ4v) is 4.35. The summed E-state index contributed by atoms with van der Waals surface area (Å²) in [7, 11) is 0. The Hall–Kier alpha value is -4.20. The molecule has 8 nitrogen and oxygen atoms in total. The van der Waals surface area contributed by atoms with Gasteiger partial charge in [0.1, 0.15) is 6.04 Å². The summed E-state index contributed by atoms with van der Waals surface area (Å²) in [4.78, 5) is 39.7. The molecule has 0 spiro atoms. The molecule has 0 saturated heterocycles. The van der Waals surface area contributed by atoms with Crippen LogP contribution >= 0.6 is 0 Å². The minimum Gasteiger partial charge on any atom is -0.379 e. The lowest BCUT2D eigenvalue weighted by atomic mass is 10.0. The van der Waals surface area contributed by atoms with E-state index in [4.69, 9.17) is 0 Å². The second-order valence-electron chi connectivity index (χ2n) is 8.54. The maximum Gasteiger partial charge on any atom is 0.270 e. The van der Waals surface area contributed by atoms with Crippen LogP contribution in [-0.2, 0) is 11.3 Å². The molecule has 0 aliphatic carbocycles. The first kappa shape index (κ1) is 23.0. The average Bonchev–Trinajstić information content (AvgIpc) is 2.91. The molecule has 2 amide bonds. The zero-order valence-corrected chi connectivity index (χ0v) is 19.2. The maximum atomic E-state index is 13.7. The van der Waals surface area contributed by atoms with Crippen LogP contribution in [0, 0.1) is 24.0 Å². The minimum absolute atomic E-state index is 0.166. The second-order valence-corrected chi connectivity index (χ2v) is 8.54. The number of hydrogen-bond acceptors (Lipinski definition) is 5. The van der Waals surface area contributed by atoms with Crippen molar-refractivity contribution in [1.82, 2.24) is 4.90 Å². The monoisotopic (exact) mass is 458 g/mol. The summed E-state index contributed by atoms with van der Waals surface area (Å²) in [5.41, 5.74) is 3.85. The molecule has 1 aliphatic rings. The number of non-ortho nitro benzene ring substituents is 1. The first-order valence-corrected chi connectivity index (χ1v) is 11.0. The number of anilines is 2. The van der Waals surface area contributed by atoms with Crippen LogP contribution in [0.15, 0.2) is 66.7 Å². The fraction of sp³-hybridized carbons (Fsp3) is 0.231. The number of carbonyl (C=O) groups excluding carboxylic acids is 2. The lowest BCUT2D eigenvalue weighted by Gasteiger charge is -2.33. The molecule has 0 saturated carbocycles. The van der Waals surface area contributed by atoms with E-state index in [0.29, 0.717) is 11.4 Å². The van der Waals surface area contributed by atoms with E-state index in [1.165, 1.54) is 23.1 Å². The molecule has 1 heterocycles. The van der Waals surface area contributed by atoms with Gasteiger partial charge in [-0.25, -0.2) is 0 Å². The number of nitrogens with one attached hydrogen (secondary N) is 2. The van der Waals surface area contributed by atoms with E-state index in [-0.39, 0.29) is 23.7 Å². The van der Waals surface area contributed by atoms with Gasteiger partial charge in [-0.05, 0) is 43.5 Å². The summed E-state index contributed by atoms with van der Waals surface area (Å²) in [5.74, 6) is -0.773. The normalized spacial score (nSPS) is 17.4. The van der Waals surface area contributed by atoms with Crippen LogP contribution < -0.4 is 10.6 Å². The van der Waals surface area contributed by atoms with Gasteiger partial charge in [-0.3, -0.25) is 19.7 Å². The minimum atomic E-state index is -0.863. The summed E-state index contributed by atoms with van der Waals surface area (Å²) in [6.45, 7) is 5.84. The van der Waals surface area contributed by atoms with Gasteiger partial charge >= 0.3 is 0 Å². The first-order chi connectivity index (χ1) is 16.3. The fourth-order valence-electron chi connectivity index (χ4n) is 4.35. The zero-order chi connectivity index (χ0) is 24.4. The van der Waals surface area contributed by atoms with Crippen molar-refractivity contribution in [3.63, 3.8) is 0 Å². The molecular formula is C26H26N4O4. The zero-order valence-electron chi connectivity index (χ0n) is 19.2. The molecule has 34 heavy (non-hydrogen) atoms. The van der Waals surface area contributed by atoms with Gasteiger partial charge in [-0.2, -0.15) is 0 Å². The van der Waals surface area contributed by atoms with Crippen molar-refractivity contribution in [3.8, 4) is 0 Å². The third-order valence-corrected chi connectivity index (χ3v) is 6.09. The van der Waals surface area contributed by atoms with Gasteiger partial charge in [-0.15, -0.1) is 0 Å². The van der Waals surface area contributed by atoms with Gasteiger partial charge in [0.25, 0.3) is 11.6 Å². The van der Waals surface area contributed by atoms with E-state index < -0.39 is 22.9 Å². The number of benzene rings is 3. The van der Waals surface area contributed by atoms with Gasteiger partial charge in [-0.1, -0.05) is 48.5 Å². The molecule has 0 radical (unpaired) electrons. The highest BCUT2D eigenvalue weighted by Crippen LogP contribution is 2.31. The lowest BCUT2D eigenvalue weighted by Crippen LogP contribution is -2.53. The number of fused-ring (bicyclic) bond motifs is 1. The Morgan fingerprint density at radius 2 is 1.74 bits per heavy atom. The number of carbonyl (C=O) groups is 2. The number of nitro groups is 1. The summed E-state index contributed by atoms with van der Waals surface area (Å²) >= 11 is 0. The second kappa shape index (κ2) is 9.35. The maximum absolute atomic E-state index is 13.7. The molecule has 4 rings (SSSR count). The molecule has 174 valence electrons. The van der Waals surface area contributed by atoms with Crippen LogP contribution in [0.3, 0.4) is 0 Å². The molecule has 3 aromatic carbocycles. The number of hydrogen-bond donors (Lipinski definition) is 2. The predicted molar refractivity (Wildman–Crippen MR) is 131 cm³/mol. The molecule has 2 unspecified atom stereocenters. The Morgan fingerprint density at radius 1 is 1.06 bits per heavy atom. The molecule has 2 atom stereocenters. The Morgan fingerprint density at radius 3 is 2.38 bits per heavy atom. The summed E-state index contributed by atoms with van der Waals surface area (Å²) in [6.07, 6.45) is 0. The number of nitro benzene ring substituents is 1. The van der Waals surface area contributed by atoms with Crippen LogP contribution in [0.4, 0.5) is 17.1 Å². The molecule has 0 bridgehead atoms.